The van der Waals surface area contributed by atoms with Gasteiger partial charge in [0.15, 0.2) is 5.79 Å². The van der Waals surface area contributed by atoms with E-state index in [-0.39, 0.29) is 0 Å². The van der Waals surface area contributed by atoms with Gasteiger partial charge >= 0.3 is 0 Å². The summed E-state index contributed by atoms with van der Waals surface area (Å²) in [7, 11) is 1.69. The first-order valence-electron chi connectivity index (χ1n) is 7.21. The maximum absolute atomic E-state index is 5.91. The number of rotatable bonds is 8. The van der Waals surface area contributed by atoms with Gasteiger partial charge in [-0.15, -0.1) is 0 Å². The minimum absolute atomic E-state index is 0.498. The highest BCUT2D eigenvalue weighted by Gasteiger charge is 2.22. The van der Waals surface area contributed by atoms with Crippen LogP contribution in [0.25, 0.3) is 0 Å². The van der Waals surface area contributed by atoms with Crippen LogP contribution in [0.3, 0.4) is 0 Å². The van der Waals surface area contributed by atoms with Crippen molar-refractivity contribution in [2.24, 2.45) is 11.8 Å². The molecule has 0 fully saturated rings. The molecule has 2 nitrogen and oxygen atoms in total. The van der Waals surface area contributed by atoms with Gasteiger partial charge in [-0.1, -0.05) is 50.6 Å². The Morgan fingerprint density at radius 1 is 1.16 bits per heavy atom. The molecule has 0 bridgehead atoms. The molecule has 1 aromatic carbocycles. The van der Waals surface area contributed by atoms with Crippen LogP contribution in [-0.4, -0.2) is 19.5 Å². The maximum atomic E-state index is 5.91. The minimum Gasteiger partial charge on any atom is -0.354 e. The van der Waals surface area contributed by atoms with Crippen molar-refractivity contribution in [1.82, 2.24) is 0 Å². The van der Waals surface area contributed by atoms with Gasteiger partial charge in [0.25, 0.3) is 0 Å². The molecule has 1 aromatic rings. The van der Waals surface area contributed by atoms with Gasteiger partial charge < -0.3 is 9.47 Å². The quantitative estimate of drug-likeness (QED) is 0.652. The fraction of sp³-hybridized carbons (Fsp3) is 0.647. The summed E-state index contributed by atoms with van der Waals surface area (Å²) in [6.45, 7) is 9.21. The smallest absolute Gasteiger partial charge is 0.162 e. The summed E-state index contributed by atoms with van der Waals surface area (Å²) in [6, 6.07) is 10.6. The zero-order valence-corrected chi connectivity index (χ0v) is 13.0. The van der Waals surface area contributed by atoms with E-state index in [1.165, 1.54) is 12.0 Å². The highest BCUT2D eigenvalue weighted by Crippen LogP contribution is 2.23. The number of hydrogen-bond donors (Lipinski definition) is 0. The van der Waals surface area contributed by atoms with Crippen LogP contribution in [0.4, 0.5) is 0 Å². The van der Waals surface area contributed by atoms with E-state index in [9.17, 15) is 0 Å². The average molecular weight is 264 g/mol. The summed E-state index contributed by atoms with van der Waals surface area (Å²) in [4.78, 5) is 0. The molecule has 0 aromatic heterocycles. The molecule has 1 unspecified atom stereocenters. The average Bonchev–Trinajstić information content (AvgIpc) is 2.43. The normalized spacial score (nSPS) is 15.2. The van der Waals surface area contributed by atoms with Gasteiger partial charge in [0.05, 0.1) is 6.61 Å². The van der Waals surface area contributed by atoms with Crippen LogP contribution >= 0.6 is 0 Å². The first-order valence-corrected chi connectivity index (χ1v) is 7.21. The second kappa shape index (κ2) is 7.66. The molecule has 1 rings (SSSR count). The van der Waals surface area contributed by atoms with Crippen LogP contribution in [0.15, 0.2) is 30.3 Å². The molecule has 0 saturated carbocycles. The molecule has 0 heterocycles. The van der Waals surface area contributed by atoms with E-state index in [0.717, 1.165) is 13.0 Å². The van der Waals surface area contributed by atoms with Gasteiger partial charge in [0.1, 0.15) is 0 Å². The summed E-state index contributed by atoms with van der Waals surface area (Å²) < 4.78 is 11.2. The van der Waals surface area contributed by atoms with E-state index in [4.69, 9.17) is 9.47 Å². The van der Waals surface area contributed by atoms with Crippen LogP contribution < -0.4 is 0 Å². The highest BCUT2D eigenvalue weighted by atomic mass is 16.7. The molecule has 0 saturated heterocycles. The van der Waals surface area contributed by atoms with Crippen LogP contribution in [0.2, 0.25) is 0 Å². The lowest BCUT2D eigenvalue weighted by atomic mass is 9.87. The zero-order chi connectivity index (χ0) is 14.3. The fourth-order valence-corrected chi connectivity index (χ4v) is 2.04. The van der Waals surface area contributed by atoms with Gasteiger partial charge in [-0.2, -0.15) is 0 Å². The molecular formula is C17H28O2. The van der Waals surface area contributed by atoms with Crippen LogP contribution in [0.5, 0.6) is 0 Å². The molecule has 2 atom stereocenters. The zero-order valence-electron chi connectivity index (χ0n) is 13.0. The largest absolute Gasteiger partial charge is 0.354 e. The third-order valence-electron chi connectivity index (χ3n) is 3.93. The predicted molar refractivity (Wildman–Crippen MR) is 80.1 cm³/mol. The molecule has 0 aliphatic rings. The van der Waals surface area contributed by atoms with Gasteiger partial charge in [0.2, 0.25) is 0 Å². The van der Waals surface area contributed by atoms with E-state index >= 15 is 0 Å². The summed E-state index contributed by atoms with van der Waals surface area (Å²) >= 11 is 0. The van der Waals surface area contributed by atoms with Gasteiger partial charge in [-0.3, -0.25) is 0 Å². The Labute approximate surface area is 118 Å². The van der Waals surface area contributed by atoms with E-state index < -0.39 is 5.79 Å². The van der Waals surface area contributed by atoms with E-state index in [0.29, 0.717) is 11.8 Å². The Morgan fingerprint density at radius 3 is 2.32 bits per heavy atom. The molecule has 0 radical (unpaired) electrons. The Bertz CT molecular complexity index is 346. The van der Waals surface area contributed by atoms with Crippen molar-refractivity contribution < 1.29 is 9.47 Å². The van der Waals surface area contributed by atoms with Gasteiger partial charge in [0, 0.05) is 7.11 Å². The Morgan fingerprint density at radius 2 is 1.79 bits per heavy atom. The molecule has 19 heavy (non-hydrogen) atoms. The second-order valence-corrected chi connectivity index (χ2v) is 5.75. The summed E-state index contributed by atoms with van der Waals surface area (Å²) in [6.07, 6.45) is 2.24. The summed E-state index contributed by atoms with van der Waals surface area (Å²) in [5.41, 5.74) is 1.38. The van der Waals surface area contributed by atoms with Crippen molar-refractivity contribution >= 4 is 0 Å². The highest BCUT2D eigenvalue weighted by molar-refractivity contribution is 5.15. The summed E-state index contributed by atoms with van der Waals surface area (Å²) in [5, 5.41) is 0. The number of benzene rings is 1. The maximum Gasteiger partial charge on any atom is 0.162 e. The monoisotopic (exact) mass is 264 g/mol. The fourth-order valence-electron chi connectivity index (χ4n) is 2.04. The SMILES string of the molecule is CCC(C)[C@@H](COC(C)(C)OC)Cc1ccccc1. The second-order valence-electron chi connectivity index (χ2n) is 5.75. The van der Waals surface area contributed by atoms with E-state index in [1.807, 2.05) is 13.8 Å². The molecular weight excluding hydrogens is 236 g/mol. The molecule has 108 valence electrons. The van der Waals surface area contributed by atoms with Crippen LogP contribution in [0.1, 0.15) is 39.7 Å². The van der Waals surface area contributed by atoms with Crippen molar-refractivity contribution in [3.05, 3.63) is 35.9 Å². The van der Waals surface area contributed by atoms with Crippen molar-refractivity contribution in [3.63, 3.8) is 0 Å². The lowest BCUT2D eigenvalue weighted by Crippen LogP contribution is -2.31. The third kappa shape index (κ3) is 5.75. The Hall–Kier alpha value is -0.860. The van der Waals surface area contributed by atoms with Crippen molar-refractivity contribution in [3.8, 4) is 0 Å². The number of ether oxygens (including phenoxy) is 2. The lowest BCUT2D eigenvalue weighted by molar-refractivity contribution is -0.205. The number of hydrogen-bond acceptors (Lipinski definition) is 2. The Balaban J connectivity index is 2.62. The van der Waals surface area contributed by atoms with Gasteiger partial charge in [-0.25, -0.2) is 0 Å². The van der Waals surface area contributed by atoms with Gasteiger partial charge in [-0.05, 0) is 37.7 Å². The van der Waals surface area contributed by atoms with E-state index in [1.54, 1.807) is 7.11 Å². The number of methoxy groups -OCH3 is 1. The first-order chi connectivity index (χ1) is 8.98. The molecule has 0 aliphatic heterocycles. The molecule has 2 heteroatoms. The van der Waals surface area contributed by atoms with Crippen LogP contribution in [0, 0.1) is 11.8 Å². The predicted octanol–water partition coefficient (Wildman–Crippen LogP) is 4.29. The first kappa shape index (κ1) is 16.2. The molecule has 0 N–H and O–H groups in total. The van der Waals surface area contributed by atoms with Crippen LogP contribution in [-0.2, 0) is 15.9 Å². The Kier molecular flexibility index (Phi) is 6.53. The minimum atomic E-state index is -0.498. The van der Waals surface area contributed by atoms with Crippen molar-refractivity contribution in [2.45, 2.75) is 46.3 Å². The standard InChI is InChI=1S/C17H28O2/c1-6-14(2)16(13-19-17(3,4)18-5)12-15-10-8-7-9-11-15/h7-11,14,16H,6,12-13H2,1-5H3/t14?,16-/m1/s1. The van der Waals surface area contributed by atoms with Crippen molar-refractivity contribution in [1.29, 1.82) is 0 Å². The summed E-state index contributed by atoms with van der Waals surface area (Å²) in [5.74, 6) is 0.678. The molecule has 0 amide bonds. The molecule has 0 spiro atoms. The van der Waals surface area contributed by atoms with Crippen molar-refractivity contribution in [2.75, 3.05) is 13.7 Å². The third-order valence-corrected chi connectivity index (χ3v) is 3.93. The topological polar surface area (TPSA) is 18.5 Å². The van der Waals surface area contributed by atoms with E-state index in [2.05, 4.69) is 44.2 Å². The molecule has 0 aliphatic carbocycles. The lowest BCUT2D eigenvalue weighted by Gasteiger charge is -2.29.